The Balaban J connectivity index is 2.20. The predicted octanol–water partition coefficient (Wildman–Crippen LogP) is 3.14. The number of nitrogens with zero attached hydrogens (tertiary/aromatic N) is 1. The highest BCUT2D eigenvalue weighted by molar-refractivity contribution is 5.13. The van der Waals surface area contributed by atoms with Crippen molar-refractivity contribution in [3.63, 3.8) is 0 Å². The van der Waals surface area contributed by atoms with Gasteiger partial charge >= 0.3 is 0 Å². The van der Waals surface area contributed by atoms with Crippen LogP contribution in [0.4, 0.5) is 0 Å². The Bertz CT molecular complexity index is 269. The maximum absolute atomic E-state index is 8.53. The molecule has 0 aromatic rings. The minimum Gasteiger partial charge on any atom is -0.193 e. The van der Waals surface area contributed by atoms with Gasteiger partial charge in [0.1, 0.15) is 0 Å². The maximum atomic E-state index is 8.53. The van der Waals surface area contributed by atoms with Gasteiger partial charge in [0.05, 0.1) is 6.07 Å². The van der Waals surface area contributed by atoms with Crippen LogP contribution in [0.25, 0.3) is 0 Å². The summed E-state index contributed by atoms with van der Waals surface area (Å²) in [6, 6.07) is 2.11. The molecule has 0 N–H and O–H groups in total. The third kappa shape index (κ3) is 1.20. The lowest BCUT2D eigenvalue weighted by Crippen LogP contribution is -2.29. The average molecular weight is 175 g/mol. The van der Waals surface area contributed by atoms with E-state index in [-0.39, 0.29) is 0 Å². The van der Waals surface area contributed by atoms with Crippen LogP contribution in [0.1, 0.15) is 33.1 Å². The Kier molecular flexibility index (Phi) is 1.95. The first-order valence-electron chi connectivity index (χ1n) is 5.22. The summed E-state index contributed by atoms with van der Waals surface area (Å²) in [5, 5.41) is 8.53. The highest BCUT2D eigenvalue weighted by Crippen LogP contribution is 2.59. The molecule has 0 amide bonds. The molecule has 1 nitrogen and oxygen atoms in total. The summed E-state index contributed by atoms with van der Waals surface area (Å²) in [6.07, 6.45) is 8.01. The van der Waals surface area contributed by atoms with Crippen LogP contribution in [0.3, 0.4) is 0 Å². The molecule has 2 bridgehead atoms. The molecule has 3 unspecified atom stereocenters. The third-order valence-electron chi connectivity index (χ3n) is 4.27. The smallest absolute Gasteiger partial charge is 0.0908 e. The molecule has 0 aromatic heterocycles. The Labute approximate surface area is 80.4 Å². The van der Waals surface area contributed by atoms with Crippen molar-refractivity contribution in [2.45, 2.75) is 33.1 Å². The van der Waals surface area contributed by atoms with Crippen molar-refractivity contribution in [2.75, 3.05) is 0 Å². The second-order valence-corrected chi connectivity index (χ2v) is 5.11. The second kappa shape index (κ2) is 2.87. The van der Waals surface area contributed by atoms with Crippen LogP contribution >= 0.6 is 0 Å². The van der Waals surface area contributed by atoms with E-state index in [9.17, 15) is 0 Å². The molecule has 2 fully saturated rings. The van der Waals surface area contributed by atoms with E-state index in [0.29, 0.717) is 11.3 Å². The van der Waals surface area contributed by atoms with Crippen LogP contribution in [-0.4, -0.2) is 0 Å². The van der Waals surface area contributed by atoms with Crippen LogP contribution in [0.15, 0.2) is 12.2 Å². The Morgan fingerprint density at radius 2 is 2.15 bits per heavy atom. The first kappa shape index (κ1) is 8.81. The number of hydrogen-bond donors (Lipinski definition) is 0. The molecule has 0 aromatic carbocycles. The standard InChI is InChI=1S/C12H17N/c1-12(2)10-6-5-9(8-10)11(12)4-3-7-13/h3-4,9-11H,5-6,8H2,1-2H3. The van der Waals surface area contributed by atoms with Gasteiger partial charge in [-0.2, -0.15) is 5.26 Å². The van der Waals surface area contributed by atoms with Gasteiger partial charge in [-0.05, 0) is 42.4 Å². The van der Waals surface area contributed by atoms with E-state index in [0.717, 1.165) is 11.8 Å². The van der Waals surface area contributed by atoms with Gasteiger partial charge in [0, 0.05) is 6.08 Å². The van der Waals surface area contributed by atoms with Gasteiger partial charge in [-0.15, -0.1) is 0 Å². The Hall–Kier alpha value is -0.770. The van der Waals surface area contributed by atoms with Crippen molar-refractivity contribution in [1.82, 2.24) is 0 Å². The first-order chi connectivity index (χ1) is 6.16. The van der Waals surface area contributed by atoms with E-state index in [1.54, 1.807) is 6.08 Å². The number of nitriles is 1. The number of rotatable bonds is 1. The molecule has 70 valence electrons. The van der Waals surface area contributed by atoms with Crippen LogP contribution in [-0.2, 0) is 0 Å². The fourth-order valence-corrected chi connectivity index (χ4v) is 3.45. The molecule has 2 aliphatic rings. The molecule has 2 rings (SSSR count). The summed E-state index contributed by atoms with van der Waals surface area (Å²) in [7, 11) is 0. The van der Waals surface area contributed by atoms with E-state index in [4.69, 9.17) is 5.26 Å². The summed E-state index contributed by atoms with van der Waals surface area (Å²) in [5.74, 6) is 2.43. The highest BCUT2D eigenvalue weighted by atomic mass is 14.6. The fourth-order valence-electron chi connectivity index (χ4n) is 3.45. The molecule has 2 saturated carbocycles. The van der Waals surface area contributed by atoms with Gasteiger partial charge in [0.25, 0.3) is 0 Å². The summed E-state index contributed by atoms with van der Waals surface area (Å²) in [5.41, 5.74) is 0.441. The lowest BCUT2D eigenvalue weighted by molar-refractivity contribution is 0.159. The molecule has 0 saturated heterocycles. The zero-order chi connectivity index (χ0) is 9.47. The molecule has 13 heavy (non-hydrogen) atoms. The van der Waals surface area contributed by atoms with E-state index >= 15 is 0 Å². The van der Waals surface area contributed by atoms with Crippen molar-refractivity contribution in [1.29, 1.82) is 5.26 Å². The normalized spacial score (nSPS) is 41.2. The third-order valence-corrected chi connectivity index (χ3v) is 4.27. The Morgan fingerprint density at radius 3 is 2.69 bits per heavy atom. The van der Waals surface area contributed by atoms with E-state index in [1.807, 2.05) is 0 Å². The van der Waals surface area contributed by atoms with Gasteiger partial charge in [0.15, 0.2) is 0 Å². The number of fused-ring (bicyclic) bond motifs is 2. The molecule has 0 heterocycles. The van der Waals surface area contributed by atoms with Crippen molar-refractivity contribution < 1.29 is 0 Å². The minimum atomic E-state index is 0.441. The quantitative estimate of drug-likeness (QED) is 0.562. The molecule has 0 spiro atoms. The average Bonchev–Trinajstić information content (AvgIpc) is 2.60. The fraction of sp³-hybridized carbons (Fsp3) is 0.750. The zero-order valence-corrected chi connectivity index (χ0v) is 8.46. The van der Waals surface area contributed by atoms with Crippen molar-refractivity contribution in [2.24, 2.45) is 23.2 Å². The summed E-state index contributed by atoms with van der Waals surface area (Å²) >= 11 is 0. The summed E-state index contributed by atoms with van der Waals surface area (Å²) < 4.78 is 0. The van der Waals surface area contributed by atoms with E-state index in [1.165, 1.54) is 19.3 Å². The summed E-state index contributed by atoms with van der Waals surface area (Å²) in [6.45, 7) is 4.73. The monoisotopic (exact) mass is 175 g/mol. The number of hydrogen-bond acceptors (Lipinski definition) is 1. The van der Waals surface area contributed by atoms with E-state index in [2.05, 4.69) is 26.0 Å². The van der Waals surface area contributed by atoms with Gasteiger partial charge < -0.3 is 0 Å². The van der Waals surface area contributed by atoms with Crippen molar-refractivity contribution in [3.8, 4) is 6.07 Å². The lowest BCUT2D eigenvalue weighted by atomic mass is 9.69. The van der Waals surface area contributed by atoms with Gasteiger partial charge in [-0.1, -0.05) is 19.9 Å². The van der Waals surface area contributed by atoms with Crippen LogP contribution in [0.2, 0.25) is 0 Å². The van der Waals surface area contributed by atoms with Crippen LogP contribution in [0.5, 0.6) is 0 Å². The zero-order valence-electron chi connectivity index (χ0n) is 8.46. The largest absolute Gasteiger partial charge is 0.193 e. The SMILES string of the molecule is CC1(C)C2CCC(C2)C1C=CC#N. The van der Waals surface area contributed by atoms with Crippen LogP contribution < -0.4 is 0 Å². The van der Waals surface area contributed by atoms with E-state index < -0.39 is 0 Å². The predicted molar refractivity (Wildman–Crippen MR) is 52.9 cm³/mol. The topological polar surface area (TPSA) is 23.8 Å². The number of allylic oxidation sites excluding steroid dienone is 2. The van der Waals surface area contributed by atoms with Gasteiger partial charge in [0.2, 0.25) is 0 Å². The molecule has 2 aliphatic carbocycles. The molecular formula is C12H17N. The second-order valence-electron chi connectivity index (χ2n) is 5.11. The molecule has 1 heteroatoms. The van der Waals surface area contributed by atoms with Gasteiger partial charge in [-0.3, -0.25) is 0 Å². The minimum absolute atomic E-state index is 0.441. The first-order valence-corrected chi connectivity index (χ1v) is 5.22. The van der Waals surface area contributed by atoms with Crippen LogP contribution in [0, 0.1) is 34.5 Å². The molecule has 0 aliphatic heterocycles. The molecular weight excluding hydrogens is 158 g/mol. The maximum Gasteiger partial charge on any atom is 0.0908 e. The highest BCUT2D eigenvalue weighted by Gasteiger charge is 2.51. The molecule has 3 atom stereocenters. The Morgan fingerprint density at radius 1 is 1.38 bits per heavy atom. The molecule has 0 radical (unpaired) electrons. The summed E-state index contributed by atoms with van der Waals surface area (Å²) in [4.78, 5) is 0. The van der Waals surface area contributed by atoms with Crippen molar-refractivity contribution >= 4 is 0 Å². The van der Waals surface area contributed by atoms with Crippen molar-refractivity contribution in [3.05, 3.63) is 12.2 Å². The van der Waals surface area contributed by atoms with Gasteiger partial charge in [-0.25, -0.2) is 0 Å². The lowest BCUT2D eigenvalue weighted by Gasteiger charge is -2.36.